The summed E-state index contributed by atoms with van der Waals surface area (Å²) in [7, 11) is 0. The van der Waals surface area contributed by atoms with Crippen molar-refractivity contribution in [2.75, 3.05) is 0 Å². The van der Waals surface area contributed by atoms with Crippen LogP contribution in [0.1, 0.15) is 20.3 Å². The molecule has 1 unspecified atom stereocenters. The van der Waals surface area contributed by atoms with E-state index in [1.807, 2.05) is 0 Å². The third-order valence-corrected chi connectivity index (χ3v) is 1.91. The van der Waals surface area contributed by atoms with E-state index in [0.29, 0.717) is 0 Å². The van der Waals surface area contributed by atoms with Crippen LogP contribution in [0.5, 0.6) is 0 Å². The highest BCUT2D eigenvalue weighted by Gasteiger charge is 2.28. The van der Waals surface area contributed by atoms with E-state index in [1.165, 1.54) is 26.0 Å². The Hall–Kier alpha value is -0.660. The fourth-order valence-electron chi connectivity index (χ4n) is 0.911. The highest BCUT2D eigenvalue weighted by atomic mass is 19.1. The van der Waals surface area contributed by atoms with E-state index >= 15 is 0 Å². The van der Waals surface area contributed by atoms with Crippen LogP contribution in [0, 0.1) is 0 Å². The van der Waals surface area contributed by atoms with Gasteiger partial charge in [-0.1, -0.05) is 6.08 Å². The quantitative estimate of drug-likeness (QED) is 0.490. The maximum atomic E-state index is 13.2. The minimum atomic E-state index is -1.47. The summed E-state index contributed by atoms with van der Waals surface area (Å²) in [5.41, 5.74) is -1.27. The van der Waals surface area contributed by atoms with Crippen molar-refractivity contribution in [2.24, 2.45) is 0 Å². The Bertz CT molecular complexity index is 199. The predicted molar refractivity (Wildman–Crippen MR) is 37.1 cm³/mol. The van der Waals surface area contributed by atoms with Crippen LogP contribution in [-0.4, -0.2) is 5.67 Å². The summed E-state index contributed by atoms with van der Waals surface area (Å²) < 4.78 is 25.8. The van der Waals surface area contributed by atoms with Crippen molar-refractivity contribution < 1.29 is 8.78 Å². The molecule has 0 nitrogen and oxygen atoms in total. The van der Waals surface area contributed by atoms with Crippen molar-refractivity contribution in [2.45, 2.75) is 25.9 Å². The lowest BCUT2D eigenvalue weighted by molar-refractivity contribution is 0.234. The van der Waals surface area contributed by atoms with Crippen LogP contribution in [0.25, 0.3) is 0 Å². The summed E-state index contributed by atoms with van der Waals surface area (Å²) in [6, 6.07) is 0. The van der Waals surface area contributed by atoms with Gasteiger partial charge in [0.15, 0.2) is 0 Å². The minimum absolute atomic E-state index is 0.204. The maximum Gasteiger partial charge on any atom is 0.135 e. The van der Waals surface area contributed by atoms with Gasteiger partial charge in [-0.2, -0.15) is 0 Å². The number of halogens is 2. The van der Waals surface area contributed by atoms with Crippen LogP contribution >= 0.6 is 0 Å². The van der Waals surface area contributed by atoms with Crippen molar-refractivity contribution in [3.8, 4) is 0 Å². The van der Waals surface area contributed by atoms with Gasteiger partial charge in [0.05, 0.1) is 0 Å². The van der Waals surface area contributed by atoms with Gasteiger partial charge in [0.2, 0.25) is 0 Å². The molecule has 0 amide bonds. The molecule has 56 valence electrons. The van der Waals surface area contributed by atoms with Crippen LogP contribution in [0.15, 0.2) is 23.6 Å². The van der Waals surface area contributed by atoms with Crippen molar-refractivity contribution in [3.05, 3.63) is 23.6 Å². The molecule has 2 heteroatoms. The molecule has 0 aromatic rings. The monoisotopic (exact) mass is 144 g/mol. The number of rotatable bonds is 0. The summed E-state index contributed by atoms with van der Waals surface area (Å²) in [5.74, 6) is -0.434. The predicted octanol–water partition coefficient (Wildman–Crippen LogP) is 2.92. The summed E-state index contributed by atoms with van der Waals surface area (Å²) in [5, 5.41) is 0. The van der Waals surface area contributed by atoms with Gasteiger partial charge in [0, 0.05) is 6.42 Å². The molecule has 10 heavy (non-hydrogen) atoms. The van der Waals surface area contributed by atoms with Crippen molar-refractivity contribution in [3.63, 3.8) is 0 Å². The topological polar surface area (TPSA) is 0 Å². The van der Waals surface area contributed by atoms with Crippen LogP contribution in [0.4, 0.5) is 8.78 Å². The normalized spacial score (nSPS) is 33.2. The zero-order chi connectivity index (χ0) is 7.78. The summed E-state index contributed by atoms with van der Waals surface area (Å²) in [6.45, 7) is 2.88. The van der Waals surface area contributed by atoms with Gasteiger partial charge in [-0.05, 0) is 25.5 Å². The van der Waals surface area contributed by atoms with Gasteiger partial charge in [0.1, 0.15) is 11.5 Å². The van der Waals surface area contributed by atoms with E-state index in [4.69, 9.17) is 0 Å². The van der Waals surface area contributed by atoms with Gasteiger partial charge in [0.25, 0.3) is 0 Å². The first-order valence-electron chi connectivity index (χ1n) is 3.26. The zero-order valence-electron chi connectivity index (χ0n) is 6.12. The Morgan fingerprint density at radius 1 is 1.60 bits per heavy atom. The molecule has 1 aliphatic carbocycles. The van der Waals surface area contributed by atoms with Crippen LogP contribution in [0.3, 0.4) is 0 Å². The van der Waals surface area contributed by atoms with Gasteiger partial charge >= 0.3 is 0 Å². The molecule has 0 aromatic heterocycles. The zero-order valence-corrected chi connectivity index (χ0v) is 6.12. The van der Waals surface area contributed by atoms with E-state index in [1.54, 1.807) is 0 Å². The molecule has 0 saturated carbocycles. The second kappa shape index (κ2) is 2.19. The molecule has 0 bridgehead atoms. The second-order valence-electron chi connectivity index (χ2n) is 2.78. The Labute approximate surface area is 59.2 Å². The SMILES string of the molecule is CC1=C(F)C=CCC1(C)F. The van der Waals surface area contributed by atoms with Gasteiger partial charge in [-0.3, -0.25) is 0 Å². The molecule has 0 radical (unpaired) electrons. The molecule has 0 heterocycles. The molecule has 0 saturated heterocycles. The number of allylic oxidation sites excluding steroid dienone is 4. The lowest BCUT2D eigenvalue weighted by atomic mass is 9.91. The molecule has 0 aromatic carbocycles. The van der Waals surface area contributed by atoms with E-state index in [0.717, 1.165) is 0 Å². The van der Waals surface area contributed by atoms with Gasteiger partial charge < -0.3 is 0 Å². The average molecular weight is 144 g/mol. The van der Waals surface area contributed by atoms with E-state index < -0.39 is 11.5 Å². The maximum absolute atomic E-state index is 13.2. The van der Waals surface area contributed by atoms with Crippen LogP contribution < -0.4 is 0 Å². The summed E-state index contributed by atoms with van der Waals surface area (Å²) in [6.07, 6.45) is 3.12. The molecule has 1 atom stereocenters. The molecule has 0 fully saturated rings. The molecule has 1 rings (SSSR count). The van der Waals surface area contributed by atoms with Crippen molar-refractivity contribution in [1.29, 1.82) is 0 Å². The third kappa shape index (κ3) is 1.11. The number of alkyl halides is 1. The average Bonchev–Trinajstić information content (AvgIpc) is 1.83. The molecule has 0 spiro atoms. The van der Waals surface area contributed by atoms with E-state index in [2.05, 4.69) is 0 Å². The van der Waals surface area contributed by atoms with Crippen molar-refractivity contribution >= 4 is 0 Å². The number of hydrogen-bond donors (Lipinski definition) is 0. The minimum Gasteiger partial charge on any atom is -0.239 e. The van der Waals surface area contributed by atoms with E-state index in [9.17, 15) is 8.78 Å². The highest BCUT2D eigenvalue weighted by Crippen LogP contribution is 2.32. The Kier molecular flexibility index (Phi) is 1.63. The lowest BCUT2D eigenvalue weighted by Crippen LogP contribution is -2.21. The van der Waals surface area contributed by atoms with Gasteiger partial charge in [-0.25, -0.2) is 8.78 Å². The van der Waals surface area contributed by atoms with Gasteiger partial charge in [-0.15, -0.1) is 0 Å². The fourth-order valence-corrected chi connectivity index (χ4v) is 0.911. The molecular formula is C8H10F2. The van der Waals surface area contributed by atoms with Crippen LogP contribution in [-0.2, 0) is 0 Å². The molecular weight excluding hydrogens is 134 g/mol. The van der Waals surface area contributed by atoms with Crippen molar-refractivity contribution in [1.82, 2.24) is 0 Å². The smallest absolute Gasteiger partial charge is 0.135 e. The Morgan fingerprint density at radius 2 is 2.20 bits per heavy atom. The Balaban J connectivity index is 2.99. The first kappa shape index (κ1) is 7.45. The second-order valence-corrected chi connectivity index (χ2v) is 2.78. The highest BCUT2D eigenvalue weighted by molar-refractivity contribution is 5.30. The first-order chi connectivity index (χ1) is 4.54. The van der Waals surface area contributed by atoms with E-state index in [-0.39, 0.29) is 12.0 Å². The largest absolute Gasteiger partial charge is 0.239 e. The fraction of sp³-hybridized carbons (Fsp3) is 0.500. The molecule has 0 N–H and O–H groups in total. The molecule has 1 aliphatic rings. The summed E-state index contributed by atoms with van der Waals surface area (Å²) >= 11 is 0. The third-order valence-electron chi connectivity index (χ3n) is 1.91. The Morgan fingerprint density at radius 3 is 2.60 bits per heavy atom. The first-order valence-corrected chi connectivity index (χ1v) is 3.26. The summed E-state index contributed by atoms with van der Waals surface area (Å²) in [4.78, 5) is 0. The lowest BCUT2D eigenvalue weighted by Gasteiger charge is -2.22. The molecule has 0 aliphatic heterocycles. The standard InChI is InChI=1S/C8H10F2/c1-6-7(9)4-3-5-8(6,2)10/h3-4H,5H2,1-2H3. The number of hydrogen-bond acceptors (Lipinski definition) is 0. The van der Waals surface area contributed by atoms with Crippen LogP contribution in [0.2, 0.25) is 0 Å².